The number of nitrogens with zero attached hydrogens (tertiary/aromatic N) is 5. The molecule has 2 aliphatic heterocycles. The number of rotatable bonds is 4. The summed E-state index contributed by atoms with van der Waals surface area (Å²) in [6.07, 6.45) is 6.59. The van der Waals surface area contributed by atoms with Gasteiger partial charge in [0, 0.05) is 36.8 Å². The number of nitrogens with one attached hydrogen (secondary N) is 1. The van der Waals surface area contributed by atoms with Crippen molar-refractivity contribution in [2.24, 2.45) is 0 Å². The number of aromatic hydroxyl groups is 1. The highest BCUT2D eigenvalue weighted by Crippen LogP contribution is 2.33. The van der Waals surface area contributed by atoms with Crippen LogP contribution in [0.3, 0.4) is 0 Å². The van der Waals surface area contributed by atoms with Gasteiger partial charge in [-0.1, -0.05) is 0 Å². The SMILES string of the molecule is Cc1nn(-c2ccc(-c3ccc(N(C)[C@H]4C[C@H]5CC[C@@H](C4)N5)nn3)c(O)c2)cc1N. The van der Waals surface area contributed by atoms with Crippen LogP contribution in [0.15, 0.2) is 36.5 Å². The summed E-state index contributed by atoms with van der Waals surface area (Å²) in [5.74, 6) is 0.994. The second-order valence-corrected chi connectivity index (χ2v) is 8.47. The van der Waals surface area contributed by atoms with Crippen LogP contribution in [0, 0.1) is 6.92 Å². The molecule has 0 spiro atoms. The smallest absolute Gasteiger partial charge is 0.151 e. The maximum absolute atomic E-state index is 10.6. The predicted molar refractivity (Wildman–Crippen MR) is 117 cm³/mol. The molecule has 5 rings (SSSR count). The summed E-state index contributed by atoms with van der Waals surface area (Å²) in [5, 5.41) is 27.4. The molecule has 2 bridgehead atoms. The fourth-order valence-electron chi connectivity index (χ4n) is 4.67. The summed E-state index contributed by atoms with van der Waals surface area (Å²) >= 11 is 0. The third-order valence-electron chi connectivity index (χ3n) is 6.47. The fraction of sp³-hybridized carbons (Fsp3) is 0.409. The average Bonchev–Trinajstić information content (AvgIpc) is 3.27. The van der Waals surface area contributed by atoms with Crippen molar-refractivity contribution >= 4 is 11.5 Å². The topological polar surface area (TPSA) is 105 Å². The van der Waals surface area contributed by atoms with E-state index in [1.807, 2.05) is 31.2 Å². The molecule has 4 N–H and O–H groups in total. The molecule has 30 heavy (non-hydrogen) atoms. The van der Waals surface area contributed by atoms with Crippen molar-refractivity contribution in [2.75, 3.05) is 17.7 Å². The Balaban J connectivity index is 1.35. The Kier molecular flexibility index (Phi) is 4.58. The van der Waals surface area contributed by atoms with Gasteiger partial charge in [0.05, 0.1) is 29.0 Å². The van der Waals surface area contributed by atoms with Gasteiger partial charge in [0.15, 0.2) is 5.82 Å². The van der Waals surface area contributed by atoms with Gasteiger partial charge in [0.2, 0.25) is 0 Å². The van der Waals surface area contributed by atoms with Crippen molar-refractivity contribution in [2.45, 2.75) is 50.7 Å². The number of anilines is 2. The molecular formula is C22H27N7O. The minimum Gasteiger partial charge on any atom is -0.507 e. The molecule has 2 saturated heterocycles. The second kappa shape index (κ2) is 7.28. The minimum atomic E-state index is 0.129. The number of aryl methyl sites for hydroxylation is 1. The van der Waals surface area contributed by atoms with E-state index in [1.165, 1.54) is 12.8 Å². The van der Waals surface area contributed by atoms with Crippen LogP contribution in [0.2, 0.25) is 0 Å². The highest BCUT2D eigenvalue weighted by Gasteiger charge is 2.35. The minimum absolute atomic E-state index is 0.129. The number of fused-ring (bicyclic) bond motifs is 2. The molecule has 0 saturated carbocycles. The van der Waals surface area contributed by atoms with Crippen LogP contribution >= 0.6 is 0 Å². The van der Waals surface area contributed by atoms with Crippen molar-refractivity contribution in [3.63, 3.8) is 0 Å². The molecule has 2 aromatic heterocycles. The maximum Gasteiger partial charge on any atom is 0.151 e. The normalized spacial score (nSPS) is 22.9. The van der Waals surface area contributed by atoms with Crippen molar-refractivity contribution < 1.29 is 5.11 Å². The lowest BCUT2D eigenvalue weighted by molar-refractivity contribution is 0.353. The molecule has 0 amide bonds. The summed E-state index contributed by atoms with van der Waals surface area (Å²) in [5.41, 5.74) is 9.26. The van der Waals surface area contributed by atoms with E-state index in [0.29, 0.717) is 35.1 Å². The maximum atomic E-state index is 10.6. The Bertz CT molecular complexity index is 1030. The zero-order valence-corrected chi connectivity index (χ0v) is 17.3. The first-order valence-electron chi connectivity index (χ1n) is 10.5. The van der Waals surface area contributed by atoms with E-state index < -0.39 is 0 Å². The van der Waals surface area contributed by atoms with Crippen LogP contribution in [0.4, 0.5) is 11.5 Å². The lowest BCUT2D eigenvalue weighted by Crippen LogP contribution is -2.47. The van der Waals surface area contributed by atoms with Crippen molar-refractivity contribution in [1.82, 2.24) is 25.3 Å². The molecule has 2 aliphatic rings. The van der Waals surface area contributed by atoms with Crippen molar-refractivity contribution in [3.05, 3.63) is 42.2 Å². The van der Waals surface area contributed by atoms with Gasteiger partial charge < -0.3 is 21.1 Å². The molecule has 0 radical (unpaired) electrons. The van der Waals surface area contributed by atoms with Crippen molar-refractivity contribution in [1.29, 1.82) is 0 Å². The fourth-order valence-corrected chi connectivity index (χ4v) is 4.67. The number of benzene rings is 1. The number of aromatic nitrogens is 4. The van der Waals surface area contributed by atoms with E-state index >= 15 is 0 Å². The molecule has 4 heterocycles. The Morgan fingerprint density at radius 3 is 2.50 bits per heavy atom. The first-order valence-corrected chi connectivity index (χ1v) is 10.5. The van der Waals surface area contributed by atoms with Gasteiger partial charge in [-0.3, -0.25) is 0 Å². The predicted octanol–water partition coefficient (Wildman–Crippen LogP) is 2.64. The number of nitrogen functional groups attached to an aromatic ring is 1. The molecule has 0 aliphatic carbocycles. The van der Waals surface area contributed by atoms with Crippen LogP contribution in [0.25, 0.3) is 16.9 Å². The number of hydrogen-bond acceptors (Lipinski definition) is 7. The van der Waals surface area contributed by atoms with Gasteiger partial charge >= 0.3 is 0 Å². The Labute approximate surface area is 175 Å². The van der Waals surface area contributed by atoms with Gasteiger partial charge in [-0.05, 0) is 56.9 Å². The number of piperidine rings is 1. The first kappa shape index (κ1) is 18.9. The summed E-state index contributed by atoms with van der Waals surface area (Å²) < 4.78 is 1.66. The monoisotopic (exact) mass is 405 g/mol. The standard InChI is InChI=1S/C22H27N7O/c1-13-19(23)12-29(27-13)16-5-6-18(21(30)11-16)20-7-8-22(26-25-20)28(2)17-9-14-3-4-15(10-17)24-14/h5-8,11-12,14-15,17,24,30H,3-4,9-10,23H2,1-2H3/t14-,15+,17+. The Morgan fingerprint density at radius 2 is 1.90 bits per heavy atom. The number of hydrogen-bond donors (Lipinski definition) is 3. The average molecular weight is 406 g/mol. The molecule has 8 heteroatoms. The molecule has 3 atom stereocenters. The summed E-state index contributed by atoms with van der Waals surface area (Å²) in [6.45, 7) is 1.85. The number of phenols is 1. The Morgan fingerprint density at radius 1 is 1.13 bits per heavy atom. The summed E-state index contributed by atoms with van der Waals surface area (Å²) in [7, 11) is 2.10. The van der Waals surface area contributed by atoms with E-state index in [4.69, 9.17) is 5.73 Å². The van der Waals surface area contributed by atoms with Crippen LogP contribution in [0.5, 0.6) is 5.75 Å². The van der Waals surface area contributed by atoms with Crippen molar-refractivity contribution in [3.8, 4) is 22.7 Å². The second-order valence-electron chi connectivity index (χ2n) is 8.47. The molecule has 156 valence electrons. The number of phenolic OH excluding ortho intramolecular Hbond substituents is 1. The zero-order chi connectivity index (χ0) is 20.8. The molecule has 1 aromatic carbocycles. The third kappa shape index (κ3) is 3.37. The molecule has 0 unspecified atom stereocenters. The van der Waals surface area contributed by atoms with E-state index in [9.17, 15) is 5.11 Å². The largest absolute Gasteiger partial charge is 0.507 e. The lowest BCUT2D eigenvalue weighted by atomic mass is 9.98. The first-order chi connectivity index (χ1) is 14.5. The zero-order valence-electron chi connectivity index (χ0n) is 17.3. The van der Waals surface area contributed by atoms with Crippen LogP contribution in [-0.2, 0) is 0 Å². The summed E-state index contributed by atoms with van der Waals surface area (Å²) in [6, 6.07) is 11.0. The van der Waals surface area contributed by atoms with Gasteiger partial charge in [0.1, 0.15) is 5.75 Å². The Hall–Kier alpha value is -3.13. The highest BCUT2D eigenvalue weighted by atomic mass is 16.3. The van der Waals surface area contributed by atoms with Gasteiger partial charge in [0.25, 0.3) is 0 Å². The summed E-state index contributed by atoms with van der Waals surface area (Å²) in [4.78, 5) is 2.25. The third-order valence-corrected chi connectivity index (χ3v) is 6.47. The van der Waals surface area contributed by atoms with Gasteiger partial charge in [-0.15, -0.1) is 10.2 Å². The molecule has 2 fully saturated rings. The van der Waals surface area contributed by atoms with Crippen LogP contribution in [0.1, 0.15) is 31.4 Å². The highest BCUT2D eigenvalue weighted by molar-refractivity contribution is 5.69. The van der Waals surface area contributed by atoms with E-state index in [-0.39, 0.29) is 5.75 Å². The number of nitrogens with two attached hydrogens (primary N) is 1. The van der Waals surface area contributed by atoms with E-state index in [1.54, 1.807) is 16.9 Å². The van der Waals surface area contributed by atoms with Crippen LogP contribution in [-0.4, -0.2) is 50.3 Å². The molecular weight excluding hydrogens is 378 g/mol. The van der Waals surface area contributed by atoms with Gasteiger partial charge in [-0.25, -0.2) is 4.68 Å². The quantitative estimate of drug-likeness (QED) is 0.613. The molecule has 8 nitrogen and oxygen atoms in total. The van der Waals surface area contributed by atoms with E-state index in [2.05, 4.69) is 32.6 Å². The lowest BCUT2D eigenvalue weighted by Gasteiger charge is -2.36. The van der Waals surface area contributed by atoms with Crippen LogP contribution < -0.4 is 16.0 Å². The van der Waals surface area contributed by atoms with Gasteiger partial charge in [-0.2, -0.15) is 5.10 Å². The molecule has 3 aromatic rings. The van der Waals surface area contributed by atoms with E-state index in [0.717, 1.165) is 30.0 Å².